The minimum absolute atomic E-state index is 0.158. The summed E-state index contributed by atoms with van der Waals surface area (Å²) in [5.74, 6) is -0.158. The lowest BCUT2D eigenvalue weighted by molar-refractivity contribution is 0.0955. The normalized spacial score (nSPS) is 10.7. The summed E-state index contributed by atoms with van der Waals surface area (Å²) >= 11 is 0. The van der Waals surface area contributed by atoms with E-state index in [0.29, 0.717) is 5.56 Å². The molecule has 0 unspecified atom stereocenters. The number of carbonyl (C=O) groups excluding carboxylic acids is 1. The van der Waals surface area contributed by atoms with Crippen LogP contribution in [0.25, 0.3) is 0 Å². The molecule has 0 saturated carbocycles. The molecule has 1 rings (SSSR count). The van der Waals surface area contributed by atoms with Crippen LogP contribution in [-0.2, 0) is 0 Å². The Morgan fingerprint density at radius 3 is 2.29 bits per heavy atom. The number of hydrogen-bond acceptors (Lipinski definition) is 2. The van der Waals surface area contributed by atoms with E-state index in [-0.39, 0.29) is 5.91 Å². The minimum atomic E-state index is -0.158. The highest BCUT2D eigenvalue weighted by molar-refractivity contribution is 5.94. The molecule has 0 aliphatic heterocycles. The third kappa shape index (κ3) is 8.79. The van der Waals surface area contributed by atoms with Gasteiger partial charge in [-0.05, 0) is 37.8 Å². The Labute approximate surface area is 128 Å². The quantitative estimate of drug-likeness (QED) is 0.272. The Bertz CT molecular complexity index is 426. The van der Waals surface area contributed by atoms with Gasteiger partial charge < -0.3 is 0 Å². The molecule has 21 heavy (non-hydrogen) atoms. The van der Waals surface area contributed by atoms with Gasteiger partial charge in [0.25, 0.3) is 5.91 Å². The van der Waals surface area contributed by atoms with Crippen LogP contribution in [0.1, 0.15) is 61.7 Å². The Hall–Kier alpha value is -1.90. The Morgan fingerprint density at radius 2 is 1.62 bits per heavy atom. The summed E-state index contributed by atoms with van der Waals surface area (Å²) in [5.41, 5.74) is 3.18. The molecular weight excluding hydrogens is 260 g/mol. The van der Waals surface area contributed by atoms with Crippen molar-refractivity contribution in [1.82, 2.24) is 5.43 Å². The number of carbonyl (C=O) groups is 1. The maximum Gasteiger partial charge on any atom is 0.271 e. The largest absolute Gasteiger partial charge is 0.271 e. The number of allylic oxidation sites excluding steroid dienone is 1. The number of nitrogens with one attached hydrogen (secondary N) is 1. The first kappa shape index (κ1) is 17.2. The summed E-state index contributed by atoms with van der Waals surface area (Å²) in [5, 5.41) is 3.97. The van der Waals surface area contributed by atoms with Gasteiger partial charge in [-0.1, -0.05) is 50.0 Å². The van der Waals surface area contributed by atoms with Crippen LogP contribution in [0.3, 0.4) is 0 Å². The van der Waals surface area contributed by atoms with E-state index in [1.807, 2.05) is 24.3 Å². The number of hydrazone groups is 1. The Balaban J connectivity index is 1.98. The number of benzene rings is 1. The fourth-order valence-electron chi connectivity index (χ4n) is 2.05. The van der Waals surface area contributed by atoms with Crippen molar-refractivity contribution in [3.63, 3.8) is 0 Å². The van der Waals surface area contributed by atoms with Gasteiger partial charge in [0.05, 0.1) is 0 Å². The highest BCUT2D eigenvalue weighted by Gasteiger charge is 2.00. The van der Waals surface area contributed by atoms with Crippen molar-refractivity contribution in [3.05, 3.63) is 48.6 Å². The maximum absolute atomic E-state index is 11.7. The molecule has 0 fully saturated rings. The van der Waals surface area contributed by atoms with E-state index in [1.165, 1.54) is 32.1 Å². The summed E-state index contributed by atoms with van der Waals surface area (Å²) in [6.45, 7) is 3.72. The second kappa shape index (κ2) is 11.9. The van der Waals surface area contributed by atoms with Crippen molar-refractivity contribution in [2.45, 2.75) is 51.4 Å². The lowest BCUT2D eigenvalue weighted by Crippen LogP contribution is -2.17. The van der Waals surface area contributed by atoms with Crippen LogP contribution in [0.15, 0.2) is 48.1 Å². The maximum atomic E-state index is 11.7. The topological polar surface area (TPSA) is 41.5 Å². The molecule has 0 atom stereocenters. The van der Waals surface area contributed by atoms with E-state index in [9.17, 15) is 4.79 Å². The van der Waals surface area contributed by atoms with E-state index < -0.39 is 0 Å². The number of unbranched alkanes of at least 4 members (excludes halogenated alkanes) is 7. The summed E-state index contributed by atoms with van der Waals surface area (Å²) in [6, 6.07) is 9.12. The van der Waals surface area contributed by atoms with Crippen LogP contribution >= 0.6 is 0 Å². The fraction of sp³-hybridized carbons (Fsp3) is 0.444. The highest BCUT2D eigenvalue weighted by atomic mass is 16.2. The van der Waals surface area contributed by atoms with Gasteiger partial charge in [0.15, 0.2) is 0 Å². The monoisotopic (exact) mass is 286 g/mol. The number of amides is 1. The standard InChI is InChI=1S/C18H26N2O/c1-2-3-4-5-6-7-8-9-13-16-19-20-18(21)17-14-11-10-12-15-17/h2,10-12,14-16H,1,3-9,13H2,(H,20,21)/b19-16+. The third-order valence-corrected chi connectivity index (χ3v) is 3.28. The van der Waals surface area contributed by atoms with Crippen LogP contribution in [0, 0.1) is 0 Å². The highest BCUT2D eigenvalue weighted by Crippen LogP contribution is 2.08. The molecule has 114 valence electrons. The summed E-state index contributed by atoms with van der Waals surface area (Å²) < 4.78 is 0. The van der Waals surface area contributed by atoms with Crippen molar-refractivity contribution in [1.29, 1.82) is 0 Å². The van der Waals surface area contributed by atoms with Gasteiger partial charge in [-0.25, -0.2) is 5.43 Å². The third-order valence-electron chi connectivity index (χ3n) is 3.28. The smallest absolute Gasteiger partial charge is 0.267 e. The Morgan fingerprint density at radius 1 is 1.00 bits per heavy atom. The van der Waals surface area contributed by atoms with Gasteiger partial charge in [0.1, 0.15) is 0 Å². The van der Waals surface area contributed by atoms with Gasteiger partial charge >= 0.3 is 0 Å². The van der Waals surface area contributed by atoms with E-state index >= 15 is 0 Å². The van der Waals surface area contributed by atoms with Gasteiger partial charge in [-0.3, -0.25) is 4.79 Å². The molecule has 0 aliphatic rings. The molecule has 1 N–H and O–H groups in total. The van der Waals surface area contributed by atoms with E-state index in [2.05, 4.69) is 17.1 Å². The van der Waals surface area contributed by atoms with Gasteiger partial charge in [-0.2, -0.15) is 5.10 Å². The summed E-state index contributed by atoms with van der Waals surface area (Å²) in [7, 11) is 0. The first-order valence-electron chi connectivity index (χ1n) is 7.82. The molecule has 0 aliphatic carbocycles. The predicted molar refractivity (Wildman–Crippen MR) is 89.5 cm³/mol. The summed E-state index contributed by atoms with van der Waals surface area (Å²) in [6.07, 6.45) is 13.3. The van der Waals surface area contributed by atoms with Gasteiger partial charge in [0.2, 0.25) is 0 Å². The van der Waals surface area contributed by atoms with Crippen LogP contribution in [0.4, 0.5) is 0 Å². The molecule has 0 spiro atoms. The first-order chi connectivity index (χ1) is 10.3. The molecule has 1 aromatic carbocycles. The zero-order valence-electron chi connectivity index (χ0n) is 12.8. The Kier molecular flexibility index (Phi) is 9.71. The first-order valence-corrected chi connectivity index (χ1v) is 7.82. The van der Waals surface area contributed by atoms with Crippen LogP contribution in [0.2, 0.25) is 0 Å². The summed E-state index contributed by atoms with van der Waals surface area (Å²) in [4.78, 5) is 11.7. The van der Waals surface area contributed by atoms with Gasteiger partial charge in [-0.15, -0.1) is 6.58 Å². The molecule has 1 amide bonds. The van der Waals surface area contributed by atoms with Gasteiger partial charge in [0, 0.05) is 11.8 Å². The van der Waals surface area contributed by atoms with E-state index in [1.54, 1.807) is 18.3 Å². The van der Waals surface area contributed by atoms with Crippen LogP contribution < -0.4 is 5.43 Å². The average Bonchev–Trinajstić information content (AvgIpc) is 2.53. The fourth-order valence-corrected chi connectivity index (χ4v) is 2.05. The molecule has 0 heterocycles. The van der Waals surface area contributed by atoms with E-state index in [0.717, 1.165) is 19.3 Å². The molecule has 3 nitrogen and oxygen atoms in total. The lowest BCUT2D eigenvalue weighted by Gasteiger charge is -2.00. The molecule has 0 radical (unpaired) electrons. The van der Waals surface area contributed by atoms with Crippen molar-refractivity contribution < 1.29 is 4.79 Å². The zero-order valence-corrected chi connectivity index (χ0v) is 12.8. The van der Waals surface area contributed by atoms with Crippen LogP contribution in [-0.4, -0.2) is 12.1 Å². The van der Waals surface area contributed by atoms with Crippen molar-refractivity contribution in [2.24, 2.45) is 5.10 Å². The van der Waals surface area contributed by atoms with Crippen molar-refractivity contribution >= 4 is 12.1 Å². The molecule has 0 saturated heterocycles. The minimum Gasteiger partial charge on any atom is -0.267 e. The lowest BCUT2D eigenvalue weighted by atomic mass is 10.1. The number of nitrogens with zero attached hydrogens (tertiary/aromatic N) is 1. The molecule has 0 aromatic heterocycles. The molecule has 3 heteroatoms. The van der Waals surface area contributed by atoms with Crippen LogP contribution in [0.5, 0.6) is 0 Å². The second-order valence-corrected chi connectivity index (χ2v) is 5.11. The molecule has 0 bridgehead atoms. The predicted octanol–water partition coefficient (Wildman–Crippen LogP) is 4.71. The number of hydrogen-bond donors (Lipinski definition) is 1. The molecular formula is C18H26N2O. The van der Waals surface area contributed by atoms with Crippen molar-refractivity contribution in [3.8, 4) is 0 Å². The van der Waals surface area contributed by atoms with Crippen molar-refractivity contribution in [2.75, 3.05) is 0 Å². The average molecular weight is 286 g/mol. The van der Waals surface area contributed by atoms with E-state index in [4.69, 9.17) is 0 Å². The molecule has 1 aromatic rings. The second-order valence-electron chi connectivity index (χ2n) is 5.11. The number of rotatable bonds is 11. The zero-order chi connectivity index (χ0) is 15.2. The SMILES string of the molecule is C=CCCCCCCCC/C=N/NC(=O)c1ccccc1.